The second-order valence-corrected chi connectivity index (χ2v) is 6.21. The molecule has 2 unspecified atom stereocenters. The van der Waals surface area contributed by atoms with Crippen molar-refractivity contribution in [2.75, 3.05) is 0 Å². The molecule has 0 aliphatic heterocycles. The van der Waals surface area contributed by atoms with Crippen molar-refractivity contribution in [1.29, 1.82) is 0 Å². The second-order valence-electron chi connectivity index (χ2n) is 6.21. The van der Waals surface area contributed by atoms with Crippen LogP contribution in [0, 0.1) is 11.8 Å². The number of hydrogen-bond donors (Lipinski definition) is 1. The van der Waals surface area contributed by atoms with Crippen molar-refractivity contribution in [3.8, 4) is 5.75 Å². The number of rotatable bonds is 4. The van der Waals surface area contributed by atoms with Crippen molar-refractivity contribution in [2.45, 2.75) is 58.6 Å². The highest BCUT2D eigenvalue weighted by Crippen LogP contribution is 2.33. The number of nitrogens with two attached hydrogens (primary N) is 1. The summed E-state index contributed by atoms with van der Waals surface area (Å²) in [6.07, 6.45) is 4.96. The Kier molecular flexibility index (Phi) is 4.87. The van der Waals surface area contributed by atoms with Gasteiger partial charge in [-0.05, 0) is 43.6 Å². The minimum Gasteiger partial charge on any atom is -0.490 e. The summed E-state index contributed by atoms with van der Waals surface area (Å²) in [4.78, 5) is 0. The Morgan fingerprint density at radius 1 is 1.16 bits per heavy atom. The maximum Gasteiger partial charge on any atom is 0.124 e. The van der Waals surface area contributed by atoms with Crippen LogP contribution in [0.1, 0.15) is 58.1 Å². The van der Waals surface area contributed by atoms with E-state index in [0.717, 1.165) is 29.6 Å². The lowest BCUT2D eigenvalue weighted by Crippen LogP contribution is -2.29. The van der Waals surface area contributed by atoms with Crippen LogP contribution in [0.15, 0.2) is 24.3 Å². The lowest BCUT2D eigenvalue weighted by molar-refractivity contribution is 0.0997. The van der Waals surface area contributed by atoms with E-state index in [2.05, 4.69) is 32.9 Å². The van der Waals surface area contributed by atoms with E-state index in [1.807, 2.05) is 12.1 Å². The minimum atomic E-state index is 0.0784. The molecule has 3 atom stereocenters. The van der Waals surface area contributed by atoms with Crippen LogP contribution in [0.4, 0.5) is 0 Å². The first kappa shape index (κ1) is 14.4. The summed E-state index contributed by atoms with van der Waals surface area (Å²) in [6.45, 7) is 6.78. The van der Waals surface area contributed by atoms with Crippen molar-refractivity contribution in [1.82, 2.24) is 0 Å². The molecule has 2 heteroatoms. The summed E-state index contributed by atoms with van der Waals surface area (Å²) in [7, 11) is 0. The van der Waals surface area contributed by atoms with Crippen molar-refractivity contribution >= 4 is 0 Å². The molecule has 1 aromatic carbocycles. The monoisotopic (exact) mass is 261 g/mol. The van der Waals surface area contributed by atoms with Crippen LogP contribution in [0.2, 0.25) is 0 Å². The first-order chi connectivity index (χ1) is 9.10. The molecule has 2 N–H and O–H groups in total. The van der Waals surface area contributed by atoms with Crippen LogP contribution in [-0.2, 0) is 0 Å². The maximum atomic E-state index is 6.27. The van der Waals surface area contributed by atoms with E-state index in [0.29, 0.717) is 6.10 Å². The van der Waals surface area contributed by atoms with Crippen molar-refractivity contribution in [3.63, 3.8) is 0 Å². The molecule has 1 aromatic rings. The van der Waals surface area contributed by atoms with Crippen LogP contribution in [0.5, 0.6) is 5.75 Å². The highest BCUT2D eigenvalue weighted by Gasteiger charge is 2.26. The van der Waals surface area contributed by atoms with E-state index >= 15 is 0 Å². The Hall–Kier alpha value is -1.02. The van der Waals surface area contributed by atoms with Gasteiger partial charge in [-0.1, -0.05) is 39.0 Å². The topological polar surface area (TPSA) is 35.2 Å². The molecule has 0 aromatic heterocycles. The Labute approximate surface area is 117 Å². The van der Waals surface area contributed by atoms with Crippen LogP contribution >= 0.6 is 0 Å². The highest BCUT2D eigenvalue weighted by atomic mass is 16.5. The van der Waals surface area contributed by atoms with Crippen LogP contribution in [0.25, 0.3) is 0 Å². The Balaban J connectivity index is 2.10. The third kappa shape index (κ3) is 3.73. The lowest BCUT2D eigenvalue weighted by atomic mass is 9.82. The smallest absolute Gasteiger partial charge is 0.124 e. The summed E-state index contributed by atoms with van der Waals surface area (Å²) < 4.78 is 6.27. The van der Waals surface area contributed by atoms with E-state index < -0.39 is 0 Å². The summed E-state index contributed by atoms with van der Waals surface area (Å²) in [5, 5.41) is 0. The fourth-order valence-corrected chi connectivity index (χ4v) is 3.26. The molecule has 2 rings (SSSR count). The summed E-state index contributed by atoms with van der Waals surface area (Å²) in [5.41, 5.74) is 7.32. The maximum absolute atomic E-state index is 6.27. The SMILES string of the molecule is CC[C@H](N)c1ccccc1OC1CC(C)CC(C)C1. The van der Waals surface area contributed by atoms with Crippen molar-refractivity contribution < 1.29 is 4.74 Å². The molecule has 0 spiro atoms. The third-order valence-corrected chi connectivity index (χ3v) is 4.19. The zero-order valence-electron chi connectivity index (χ0n) is 12.4. The predicted octanol–water partition coefficient (Wildman–Crippen LogP) is 4.30. The fourth-order valence-electron chi connectivity index (χ4n) is 3.26. The molecule has 2 nitrogen and oxygen atoms in total. The molecular formula is C17H27NO. The quantitative estimate of drug-likeness (QED) is 0.877. The molecule has 0 amide bonds. The van der Waals surface area contributed by atoms with Gasteiger partial charge in [-0.25, -0.2) is 0 Å². The first-order valence-electron chi connectivity index (χ1n) is 7.61. The van der Waals surface area contributed by atoms with Gasteiger partial charge in [0, 0.05) is 11.6 Å². The van der Waals surface area contributed by atoms with Crippen LogP contribution in [-0.4, -0.2) is 6.10 Å². The van der Waals surface area contributed by atoms with Gasteiger partial charge < -0.3 is 10.5 Å². The third-order valence-electron chi connectivity index (χ3n) is 4.19. The molecule has 1 aliphatic rings. The molecule has 0 radical (unpaired) electrons. The normalized spacial score (nSPS) is 28.9. The van der Waals surface area contributed by atoms with Crippen molar-refractivity contribution in [2.24, 2.45) is 17.6 Å². The van der Waals surface area contributed by atoms with E-state index in [1.54, 1.807) is 0 Å². The molecule has 1 aliphatic carbocycles. The molecule has 106 valence electrons. The van der Waals surface area contributed by atoms with E-state index in [-0.39, 0.29) is 6.04 Å². The number of hydrogen-bond acceptors (Lipinski definition) is 2. The van der Waals surface area contributed by atoms with E-state index in [1.165, 1.54) is 19.3 Å². The molecule has 1 saturated carbocycles. The van der Waals surface area contributed by atoms with Crippen molar-refractivity contribution in [3.05, 3.63) is 29.8 Å². The summed E-state index contributed by atoms with van der Waals surface area (Å²) in [6, 6.07) is 8.32. The molecule has 0 heterocycles. The zero-order chi connectivity index (χ0) is 13.8. The van der Waals surface area contributed by atoms with Crippen LogP contribution in [0.3, 0.4) is 0 Å². The predicted molar refractivity (Wildman–Crippen MR) is 80.3 cm³/mol. The highest BCUT2D eigenvalue weighted by molar-refractivity contribution is 5.35. The van der Waals surface area contributed by atoms with E-state index in [4.69, 9.17) is 10.5 Å². The van der Waals surface area contributed by atoms with Gasteiger partial charge in [0.15, 0.2) is 0 Å². The lowest BCUT2D eigenvalue weighted by Gasteiger charge is -2.32. The molecule has 0 bridgehead atoms. The van der Waals surface area contributed by atoms with E-state index in [9.17, 15) is 0 Å². The molecule has 0 saturated heterocycles. The molecule has 1 fully saturated rings. The van der Waals surface area contributed by atoms with Gasteiger partial charge in [-0.15, -0.1) is 0 Å². The fraction of sp³-hybridized carbons (Fsp3) is 0.647. The van der Waals surface area contributed by atoms with Gasteiger partial charge in [-0.2, -0.15) is 0 Å². The summed E-state index contributed by atoms with van der Waals surface area (Å²) in [5.74, 6) is 2.52. The van der Waals surface area contributed by atoms with Gasteiger partial charge in [0.25, 0.3) is 0 Å². The van der Waals surface area contributed by atoms with Gasteiger partial charge in [0.05, 0.1) is 6.10 Å². The molecular weight excluding hydrogens is 234 g/mol. The van der Waals surface area contributed by atoms with Gasteiger partial charge >= 0.3 is 0 Å². The number of benzene rings is 1. The van der Waals surface area contributed by atoms with Gasteiger partial charge in [-0.3, -0.25) is 0 Å². The molecule has 19 heavy (non-hydrogen) atoms. The Morgan fingerprint density at radius 2 is 1.79 bits per heavy atom. The minimum absolute atomic E-state index is 0.0784. The Bertz CT molecular complexity index is 394. The second kappa shape index (κ2) is 6.42. The van der Waals surface area contributed by atoms with Gasteiger partial charge in [0.2, 0.25) is 0 Å². The largest absolute Gasteiger partial charge is 0.490 e. The van der Waals surface area contributed by atoms with Crippen LogP contribution < -0.4 is 10.5 Å². The summed E-state index contributed by atoms with van der Waals surface area (Å²) >= 11 is 0. The zero-order valence-corrected chi connectivity index (χ0v) is 12.4. The van der Waals surface area contributed by atoms with Gasteiger partial charge in [0.1, 0.15) is 5.75 Å². The average Bonchev–Trinajstić information content (AvgIpc) is 2.37. The Morgan fingerprint density at radius 3 is 2.42 bits per heavy atom. The number of ether oxygens (including phenoxy) is 1. The first-order valence-corrected chi connectivity index (χ1v) is 7.61. The number of para-hydroxylation sites is 1. The standard InChI is InChI=1S/C17H27NO/c1-4-16(18)15-7-5-6-8-17(15)19-14-10-12(2)9-13(3)11-14/h5-8,12-14,16H,4,9-11,18H2,1-3H3/t12?,13?,14?,16-/m0/s1. The average molecular weight is 261 g/mol.